The van der Waals surface area contributed by atoms with E-state index in [2.05, 4.69) is 0 Å². The number of hydrogen-bond acceptors (Lipinski definition) is 5. The van der Waals surface area contributed by atoms with Crippen LogP contribution in [0, 0.1) is 5.92 Å². The molecule has 1 fully saturated rings. The minimum Gasteiger partial charge on any atom is -0.490 e. The van der Waals surface area contributed by atoms with Gasteiger partial charge in [-0.3, -0.25) is 9.59 Å². The second-order valence-corrected chi connectivity index (χ2v) is 6.68. The van der Waals surface area contributed by atoms with Crippen molar-refractivity contribution in [3.63, 3.8) is 0 Å². The summed E-state index contributed by atoms with van der Waals surface area (Å²) in [6.07, 6.45) is 0.474. The Morgan fingerprint density at radius 2 is 1.79 bits per heavy atom. The first-order valence-corrected chi connectivity index (χ1v) is 9.68. The average Bonchev–Trinajstić information content (AvgIpc) is 3.23. The summed E-state index contributed by atoms with van der Waals surface area (Å²) in [5, 5.41) is 9.12. The normalized spacial score (nSPS) is 15.8. The summed E-state index contributed by atoms with van der Waals surface area (Å²) in [5.41, 5.74) is 0.451. The number of para-hydroxylation sites is 1. The van der Waals surface area contributed by atoms with Crippen molar-refractivity contribution < 1.29 is 28.9 Å². The SMILES string of the molecule is CCOc1cc(C(=O)N2CCC(C(=O)O)C2)ccc1OCCOc1ccccc1. The number of carboxylic acid groups (broad SMARTS) is 1. The molecular weight excluding hydrogens is 374 g/mol. The molecular formula is C22H25NO6. The molecule has 0 bridgehead atoms. The van der Waals surface area contributed by atoms with E-state index in [9.17, 15) is 9.59 Å². The number of hydrogen-bond donors (Lipinski definition) is 1. The number of amides is 1. The largest absolute Gasteiger partial charge is 0.490 e. The number of rotatable bonds is 9. The van der Waals surface area contributed by atoms with Gasteiger partial charge in [-0.15, -0.1) is 0 Å². The molecule has 0 aromatic heterocycles. The van der Waals surface area contributed by atoms with Crippen LogP contribution >= 0.6 is 0 Å². The van der Waals surface area contributed by atoms with E-state index in [0.717, 1.165) is 5.75 Å². The van der Waals surface area contributed by atoms with Crippen molar-refractivity contribution in [1.82, 2.24) is 4.90 Å². The van der Waals surface area contributed by atoms with E-state index in [0.29, 0.717) is 49.8 Å². The van der Waals surface area contributed by atoms with Gasteiger partial charge in [0.2, 0.25) is 0 Å². The van der Waals surface area contributed by atoms with E-state index in [1.807, 2.05) is 37.3 Å². The molecule has 7 heteroatoms. The molecule has 1 aliphatic heterocycles. The smallest absolute Gasteiger partial charge is 0.308 e. The summed E-state index contributed by atoms with van der Waals surface area (Å²) >= 11 is 0. The minimum atomic E-state index is -0.864. The monoisotopic (exact) mass is 399 g/mol. The van der Waals surface area contributed by atoms with Gasteiger partial charge in [-0.25, -0.2) is 0 Å². The Bertz CT molecular complexity index is 838. The Kier molecular flexibility index (Phi) is 6.94. The zero-order chi connectivity index (χ0) is 20.6. The topological polar surface area (TPSA) is 85.3 Å². The lowest BCUT2D eigenvalue weighted by Crippen LogP contribution is -2.30. The molecule has 1 aliphatic rings. The molecule has 2 aromatic carbocycles. The molecule has 1 unspecified atom stereocenters. The van der Waals surface area contributed by atoms with Crippen LogP contribution in [0.4, 0.5) is 0 Å². The maximum absolute atomic E-state index is 12.7. The van der Waals surface area contributed by atoms with E-state index in [4.69, 9.17) is 19.3 Å². The second kappa shape index (κ2) is 9.82. The van der Waals surface area contributed by atoms with Gasteiger partial charge in [0.15, 0.2) is 11.5 Å². The van der Waals surface area contributed by atoms with Gasteiger partial charge in [-0.2, -0.15) is 0 Å². The number of likely N-dealkylation sites (tertiary alicyclic amines) is 1. The van der Waals surface area contributed by atoms with E-state index >= 15 is 0 Å². The van der Waals surface area contributed by atoms with Gasteiger partial charge >= 0.3 is 5.97 Å². The van der Waals surface area contributed by atoms with E-state index < -0.39 is 11.9 Å². The predicted octanol–water partition coefficient (Wildman–Crippen LogP) is 3.09. The third kappa shape index (κ3) is 5.40. The first-order chi connectivity index (χ1) is 14.1. The molecule has 0 aliphatic carbocycles. The van der Waals surface area contributed by atoms with Gasteiger partial charge in [0, 0.05) is 18.7 Å². The molecule has 7 nitrogen and oxygen atoms in total. The molecule has 1 atom stereocenters. The molecule has 0 radical (unpaired) electrons. The highest BCUT2D eigenvalue weighted by atomic mass is 16.5. The second-order valence-electron chi connectivity index (χ2n) is 6.68. The van der Waals surface area contributed by atoms with Crippen LogP contribution in [0.5, 0.6) is 17.2 Å². The molecule has 154 valence electrons. The highest BCUT2D eigenvalue weighted by molar-refractivity contribution is 5.95. The fourth-order valence-corrected chi connectivity index (χ4v) is 3.19. The zero-order valence-electron chi connectivity index (χ0n) is 16.4. The number of ether oxygens (including phenoxy) is 3. The quantitative estimate of drug-likeness (QED) is 0.652. The lowest BCUT2D eigenvalue weighted by atomic mass is 10.1. The van der Waals surface area contributed by atoms with Crippen LogP contribution in [-0.2, 0) is 4.79 Å². The maximum atomic E-state index is 12.7. The molecule has 0 spiro atoms. The first kappa shape index (κ1) is 20.5. The third-order valence-corrected chi connectivity index (χ3v) is 4.67. The summed E-state index contributed by atoms with van der Waals surface area (Å²) < 4.78 is 17.0. The number of nitrogens with zero attached hydrogens (tertiary/aromatic N) is 1. The van der Waals surface area contributed by atoms with Crippen molar-refractivity contribution in [2.24, 2.45) is 5.92 Å². The number of aliphatic carboxylic acids is 1. The van der Waals surface area contributed by atoms with Crippen LogP contribution in [0.1, 0.15) is 23.7 Å². The van der Waals surface area contributed by atoms with Gasteiger partial charge in [-0.1, -0.05) is 18.2 Å². The lowest BCUT2D eigenvalue weighted by molar-refractivity contribution is -0.141. The Hall–Kier alpha value is -3.22. The Balaban J connectivity index is 1.60. The third-order valence-electron chi connectivity index (χ3n) is 4.67. The Labute approximate surface area is 169 Å². The molecule has 29 heavy (non-hydrogen) atoms. The molecule has 1 amide bonds. The van der Waals surface area contributed by atoms with Crippen LogP contribution in [0.3, 0.4) is 0 Å². The molecule has 1 saturated heterocycles. The zero-order valence-corrected chi connectivity index (χ0v) is 16.4. The number of carbonyl (C=O) groups is 2. The Morgan fingerprint density at radius 1 is 1.03 bits per heavy atom. The maximum Gasteiger partial charge on any atom is 0.308 e. The van der Waals surface area contributed by atoms with E-state index in [1.165, 1.54) is 0 Å². The molecule has 2 aromatic rings. The summed E-state index contributed by atoms with van der Waals surface area (Å²) in [6, 6.07) is 14.5. The van der Waals surface area contributed by atoms with Crippen molar-refractivity contribution in [3.8, 4) is 17.2 Å². The fraction of sp³-hybridized carbons (Fsp3) is 0.364. The van der Waals surface area contributed by atoms with E-state index in [-0.39, 0.29) is 12.5 Å². The molecule has 3 rings (SSSR count). The van der Waals surface area contributed by atoms with Crippen LogP contribution in [-0.4, -0.2) is 54.8 Å². The van der Waals surface area contributed by atoms with Crippen molar-refractivity contribution >= 4 is 11.9 Å². The predicted molar refractivity (Wildman–Crippen MR) is 107 cm³/mol. The number of benzene rings is 2. The van der Waals surface area contributed by atoms with Crippen molar-refractivity contribution in [3.05, 3.63) is 54.1 Å². The van der Waals surface area contributed by atoms with Gasteiger partial charge in [-0.05, 0) is 43.7 Å². The lowest BCUT2D eigenvalue weighted by Gasteiger charge is -2.18. The highest BCUT2D eigenvalue weighted by Crippen LogP contribution is 2.30. The minimum absolute atomic E-state index is 0.200. The van der Waals surface area contributed by atoms with Crippen LogP contribution in [0.25, 0.3) is 0 Å². The van der Waals surface area contributed by atoms with Crippen LogP contribution < -0.4 is 14.2 Å². The average molecular weight is 399 g/mol. The van der Waals surface area contributed by atoms with Gasteiger partial charge < -0.3 is 24.2 Å². The van der Waals surface area contributed by atoms with Crippen LogP contribution in [0.15, 0.2) is 48.5 Å². The molecule has 1 heterocycles. The van der Waals surface area contributed by atoms with Crippen LogP contribution in [0.2, 0.25) is 0 Å². The van der Waals surface area contributed by atoms with Crippen molar-refractivity contribution in [2.75, 3.05) is 32.9 Å². The summed E-state index contributed by atoms with van der Waals surface area (Å²) in [5.74, 6) is 0.215. The van der Waals surface area contributed by atoms with Gasteiger partial charge in [0.05, 0.1) is 12.5 Å². The number of carboxylic acids is 1. The van der Waals surface area contributed by atoms with Gasteiger partial charge in [0.1, 0.15) is 19.0 Å². The highest BCUT2D eigenvalue weighted by Gasteiger charge is 2.31. The number of carbonyl (C=O) groups excluding carboxylic acids is 1. The summed E-state index contributed by atoms with van der Waals surface area (Å²) in [4.78, 5) is 25.4. The van der Waals surface area contributed by atoms with Crippen molar-refractivity contribution in [2.45, 2.75) is 13.3 Å². The van der Waals surface area contributed by atoms with E-state index in [1.54, 1.807) is 23.1 Å². The summed E-state index contributed by atoms with van der Waals surface area (Å²) in [7, 11) is 0. The first-order valence-electron chi connectivity index (χ1n) is 9.68. The fourth-order valence-electron chi connectivity index (χ4n) is 3.19. The Morgan fingerprint density at radius 3 is 2.48 bits per heavy atom. The standard InChI is InChI=1S/C22H25NO6/c1-2-27-20-14-16(21(24)23-11-10-17(15-23)22(25)26)8-9-19(20)29-13-12-28-18-6-4-3-5-7-18/h3-9,14,17H,2,10-13,15H2,1H3,(H,25,26). The van der Waals surface area contributed by atoms with Crippen molar-refractivity contribution in [1.29, 1.82) is 0 Å². The molecule has 1 N–H and O–H groups in total. The summed E-state index contributed by atoms with van der Waals surface area (Å²) in [6.45, 7) is 3.66. The van der Waals surface area contributed by atoms with Gasteiger partial charge in [0.25, 0.3) is 5.91 Å². The molecule has 0 saturated carbocycles.